The number of likely N-dealkylation sites (tertiary alicyclic amines) is 1. The van der Waals surface area contributed by atoms with E-state index in [1.807, 2.05) is 0 Å². The van der Waals surface area contributed by atoms with E-state index in [9.17, 15) is 27.9 Å². The van der Waals surface area contributed by atoms with Crippen molar-refractivity contribution >= 4 is 17.4 Å². The molecule has 0 spiro atoms. The standard InChI is InChI=1S/C16H19F3N2O3/c1-10(21-8-7-15(24,9-21)16(17,18)19)14(23)20-13-6-4-3-5-12(13)11(2)22/h3-6,10,24H,7-9H2,1-2H3,(H,20,23). The largest absolute Gasteiger partial charge is 0.418 e. The molecule has 0 radical (unpaired) electrons. The maximum atomic E-state index is 12.9. The lowest BCUT2D eigenvalue weighted by Gasteiger charge is -2.28. The number of hydrogen-bond acceptors (Lipinski definition) is 4. The Morgan fingerprint density at radius 2 is 1.96 bits per heavy atom. The third kappa shape index (κ3) is 3.59. The maximum Gasteiger partial charge on any atom is 0.418 e. The molecule has 1 saturated heterocycles. The number of rotatable bonds is 4. The minimum atomic E-state index is -4.74. The molecule has 2 unspecified atom stereocenters. The lowest BCUT2D eigenvalue weighted by Crippen LogP contribution is -2.49. The van der Waals surface area contributed by atoms with Crippen LogP contribution in [0, 0.1) is 0 Å². The van der Waals surface area contributed by atoms with E-state index in [0.717, 1.165) is 0 Å². The van der Waals surface area contributed by atoms with Crippen LogP contribution in [-0.2, 0) is 4.79 Å². The third-order valence-corrected chi connectivity index (χ3v) is 4.30. The first kappa shape index (κ1) is 18.4. The van der Waals surface area contributed by atoms with E-state index in [0.29, 0.717) is 11.3 Å². The molecule has 1 amide bonds. The van der Waals surface area contributed by atoms with E-state index in [1.54, 1.807) is 24.3 Å². The van der Waals surface area contributed by atoms with Crippen LogP contribution in [0.5, 0.6) is 0 Å². The van der Waals surface area contributed by atoms with E-state index < -0.39 is 36.7 Å². The molecule has 132 valence electrons. The summed E-state index contributed by atoms with van der Waals surface area (Å²) in [5.74, 6) is -0.763. The van der Waals surface area contributed by atoms with Gasteiger partial charge in [-0.1, -0.05) is 12.1 Å². The zero-order valence-corrected chi connectivity index (χ0v) is 13.4. The second-order valence-corrected chi connectivity index (χ2v) is 6.02. The van der Waals surface area contributed by atoms with Crippen LogP contribution in [0.1, 0.15) is 30.6 Å². The van der Waals surface area contributed by atoms with Gasteiger partial charge in [0.1, 0.15) is 0 Å². The van der Waals surface area contributed by atoms with Crippen molar-refractivity contribution in [1.82, 2.24) is 4.90 Å². The van der Waals surface area contributed by atoms with Gasteiger partial charge in [-0.25, -0.2) is 0 Å². The van der Waals surface area contributed by atoms with Crippen molar-refractivity contribution in [2.24, 2.45) is 0 Å². The highest BCUT2D eigenvalue weighted by atomic mass is 19.4. The lowest BCUT2D eigenvalue weighted by atomic mass is 10.0. The Kier molecular flexibility index (Phi) is 5.00. The van der Waals surface area contributed by atoms with E-state index in [1.165, 1.54) is 18.7 Å². The Labute approximate surface area is 137 Å². The average Bonchev–Trinajstić information content (AvgIpc) is 2.90. The number of nitrogens with zero attached hydrogens (tertiary/aromatic N) is 1. The topological polar surface area (TPSA) is 69.6 Å². The van der Waals surface area contributed by atoms with Crippen molar-refractivity contribution in [2.45, 2.75) is 38.1 Å². The molecule has 24 heavy (non-hydrogen) atoms. The van der Waals surface area contributed by atoms with Crippen LogP contribution in [-0.4, -0.2) is 52.6 Å². The van der Waals surface area contributed by atoms with Crippen molar-refractivity contribution < 1.29 is 27.9 Å². The Morgan fingerprint density at radius 1 is 1.33 bits per heavy atom. The van der Waals surface area contributed by atoms with Crippen LogP contribution >= 0.6 is 0 Å². The van der Waals surface area contributed by atoms with Gasteiger partial charge in [-0.3, -0.25) is 14.5 Å². The maximum absolute atomic E-state index is 12.9. The first-order valence-corrected chi connectivity index (χ1v) is 7.49. The zero-order chi connectivity index (χ0) is 18.1. The van der Waals surface area contributed by atoms with Crippen molar-refractivity contribution in [3.05, 3.63) is 29.8 Å². The van der Waals surface area contributed by atoms with Gasteiger partial charge in [0.05, 0.1) is 11.7 Å². The molecule has 1 aliphatic rings. The Bertz CT molecular complexity index is 648. The number of amides is 1. The van der Waals surface area contributed by atoms with Gasteiger partial charge in [-0.05, 0) is 32.4 Å². The quantitative estimate of drug-likeness (QED) is 0.822. The number of ketones is 1. The molecule has 1 fully saturated rings. The molecule has 1 heterocycles. The summed E-state index contributed by atoms with van der Waals surface area (Å²) in [6.45, 7) is 2.13. The van der Waals surface area contributed by atoms with Crippen LogP contribution in [0.15, 0.2) is 24.3 Å². The number of halogens is 3. The molecule has 2 rings (SSSR count). The molecule has 2 N–H and O–H groups in total. The fraction of sp³-hybridized carbons (Fsp3) is 0.500. The SMILES string of the molecule is CC(=O)c1ccccc1NC(=O)C(C)N1CCC(O)(C(F)(F)F)C1. The number of hydrogen-bond donors (Lipinski definition) is 2. The number of benzene rings is 1. The van der Waals surface area contributed by atoms with Crippen molar-refractivity contribution in [3.8, 4) is 0 Å². The summed E-state index contributed by atoms with van der Waals surface area (Å²) in [6, 6.07) is 5.53. The highest BCUT2D eigenvalue weighted by Crippen LogP contribution is 2.38. The molecule has 1 aromatic rings. The number of carbonyl (C=O) groups excluding carboxylic acids is 2. The summed E-state index contributed by atoms with van der Waals surface area (Å²) in [7, 11) is 0. The molecule has 5 nitrogen and oxygen atoms in total. The molecule has 0 aromatic heterocycles. The van der Waals surface area contributed by atoms with Gasteiger partial charge in [0.15, 0.2) is 11.4 Å². The number of nitrogens with one attached hydrogen (secondary N) is 1. The molecular weight excluding hydrogens is 325 g/mol. The summed E-state index contributed by atoms with van der Waals surface area (Å²) in [5.41, 5.74) is -2.16. The summed E-state index contributed by atoms with van der Waals surface area (Å²) in [6.07, 6.45) is -5.21. The number of Topliss-reactive ketones (excluding diaryl/α,β-unsaturated/α-hetero) is 1. The Morgan fingerprint density at radius 3 is 2.50 bits per heavy atom. The normalized spacial score (nSPS) is 23.1. The number of carbonyl (C=O) groups is 2. The van der Waals surface area contributed by atoms with Crippen LogP contribution in [0.2, 0.25) is 0 Å². The number of para-hydroxylation sites is 1. The molecule has 1 aliphatic heterocycles. The molecule has 1 aromatic carbocycles. The summed E-state index contributed by atoms with van der Waals surface area (Å²) in [5, 5.41) is 12.3. The summed E-state index contributed by atoms with van der Waals surface area (Å²) >= 11 is 0. The fourth-order valence-corrected chi connectivity index (χ4v) is 2.69. The van der Waals surface area contributed by atoms with Crippen LogP contribution in [0.3, 0.4) is 0 Å². The lowest BCUT2D eigenvalue weighted by molar-refractivity contribution is -0.254. The van der Waals surface area contributed by atoms with Gasteiger partial charge in [-0.2, -0.15) is 13.2 Å². The molecule has 8 heteroatoms. The van der Waals surface area contributed by atoms with Gasteiger partial charge in [0.2, 0.25) is 5.91 Å². The van der Waals surface area contributed by atoms with Crippen LogP contribution < -0.4 is 5.32 Å². The highest BCUT2D eigenvalue weighted by molar-refractivity contribution is 6.04. The summed E-state index contributed by atoms with van der Waals surface area (Å²) < 4.78 is 38.6. The molecule has 0 saturated carbocycles. The first-order valence-electron chi connectivity index (χ1n) is 7.49. The predicted molar refractivity (Wildman–Crippen MR) is 81.7 cm³/mol. The van der Waals surface area contributed by atoms with Crippen molar-refractivity contribution in [2.75, 3.05) is 18.4 Å². The highest BCUT2D eigenvalue weighted by Gasteiger charge is 2.57. The van der Waals surface area contributed by atoms with Gasteiger partial charge in [-0.15, -0.1) is 0 Å². The van der Waals surface area contributed by atoms with Crippen molar-refractivity contribution in [3.63, 3.8) is 0 Å². The molecule has 2 atom stereocenters. The number of β-amino-alcohol motifs (C(OH)–C–C–N with tert-alkyl or cyclic N) is 1. The van der Waals surface area contributed by atoms with E-state index in [-0.39, 0.29) is 12.3 Å². The van der Waals surface area contributed by atoms with Gasteiger partial charge >= 0.3 is 6.18 Å². The smallest absolute Gasteiger partial charge is 0.379 e. The fourth-order valence-electron chi connectivity index (χ4n) is 2.69. The van der Waals surface area contributed by atoms with Gasteiger partial charge < -0.3 is 10.4 Å². The van der Waals surface area contributed by atoms with E-state index >= 15 is 0 Å². The van der Waals surface area contributed by atoms with Gasteiger partial charge in [0.25, 0.3) is 0 Å². The van der Waals surface area contributed by atoms with E-state index in [4.69, 9.17) is 0 Å². The minimum Gasteiger partial charge on any atom is -0.379 e. The molecule has 0 aliphatic carbocycles. The summed E-state index contributed by atoms with van der Waals surface area (Å²) in [4.78, 5) is 25.1. The van der Waals surface area contributed by atoms with Gasteiger partial charge in [0, 0.05) is 18.7 Å². The zero-order valence-electron chi connectivity index (χ0n) is 13.4. The number of anilines is 1. The average molecular weight is 344 g/mol. The van der Waals surface area contributed by atoms with Crippen LogP contribution in [0.25, 0.3) is 0 Å². The van der Waals surface area contributed by atoms with E-state index in [2.05, 4.69) is 5.32 Å². The van der Waals surface area contributed by atoms with Crippen molar-refractivity contribution in [1.29, 1.82) is 0 Å². The number of aliphatic hydroxyl groups is 1. The Balaban J connectivity index is 2.08. The molecule has 0 bridgehead atoms. The minimum absolute atomic E-state index is 0.0427. The predicted octanol–water partition coefficient (Wildman–Crippen LogP) is 2.22. The first-order chi connectivity index (χ1) is 11.0. The molecular formula is C16H19F3N2O3. The monoisotopic (exact) mass is 344 g/mol. The number of alkyl halides is 3. The third-order valence-electron chi connectivity index (χ3n) is 4.30. The second-order valence-electron chi connectivity index (χ2n) is 6.02. The Hall–Kier alpha value is -1.93. The van der Waals surface area contributed by atoms with Crippen LogP contribution in [0.4, 0.5) is 18.9 Å². The second kappa shape index (κ2) is 6.52.